The number of amides is 2. The van der Waals surface area contributed by atoms with Crippen molar-refractivity contribution in [1.29, 1.82) is 0 Å². The monoisotopic (exact) mass is 371 g/mol. The van der Waals surface area contributed by atoms with Gasteiger partial charge in [0.15, 0.2) is 0 Å². The standard InChI is InChI=1S/C18H17N3O6/c22-15(20-13-5-1-11(2-6-13)17(24)25)9-19-10-16(23)21-14-7-3-12(4-8-14)18(26)27/h1-8,19H,9-10H2,(H,20,22)(H,21,23)(H,24,25)(H,26,27). The summed E-state index contributed by atoms with van der Waals surface area (Å²) in [6, 6.07) is 11.3. The lowest BCUT2D eigenvalue weighted by molar-refractivity contribution is -0.116. The summed E-state index contributed by atoms with van der Waals surface area (Å²) in [6.07, 6.45) is 0. The number of anilines is 2. The van der Waals surface area contributed by atoms with Crippen LogP contribution in [0.5, 0.6) is 0 Å². The van der Waals surface area contributed by atoms with Gasteiger partial charge in [-0.15, -0.1) is 0 Å². The Balaban J connectivity index is 1.73. The molecule has 0 fully saturated rings. The number of rotatable bonds is 8. The van der Waals surface area contributed by atoms with E-state index in [1.165, 1.54) is 48.5 Å². The van der Waals surface area contributed by atoms with Gasteiger partial charge >= 0.3 is 11.9 Å². The molecule has 0 aliphatic rings. The van der Waals surface area contributed by atoms with E-state index in [1.807, 2.05) is 0 Å². The fourth-order valence-electron chi connectivity index (χ4n) is 2.09. The SMILES string of the molecule is O=C(CNCC(=O)Nc1ccc(C(=O)O)cc1)Nc1ccc(C(=O)O)cc1. The Morgan fingerprint density at radius 2 is 0.963 bits per heavy atom. The lowest BCUT2D eigenvalue weighted by Crippen LogP contribution is -2.34. The number of carbonyl (C=O) groups excluding carboxylic acids is 2. The van der Waals surface area contributed by atoms with E-state index in [4.69, 9.17) is 10.2 Å². The number of hydrogen-bond donors (Lipinski definition) is 5. The normalized spacial score (nSPS) is 10.1. The number of carbonyl (C=O) groups is 4. The summed E-state index contributed by atoms with van der Waals surface area (Å²) in [5.74, 6) is -2.90. The highest BCUT2D eigenvalue weighted by Crippen LogP contribution is 2.10. The third-order valence-corrected chi connectivity index (χ3v) is 3.40. The van der Waals surface area contributed by atoms with E-state index >= 15 is 0 Å². The molecule has 0 radical (unpaired) electrons. The zero-order valence-corrected chi connectivity index (χ0v) is 14.1. The minimum atomic E-state index is -1.06. The van der Waals surface area contributed by atoms with Crippen LogP contribution in [0.3, 0.4) is 0 Å². The van der Waals surface area contributed by atoms with Gasteiger partial charge in [-0.3, -0.25) is 14.9 Å². The van der Waals surface area contributed by atoms with Crippen molar-refractivity contribution >= 4 is 35.1 Å². The van der Waals surface area contributed by atoms with Gasteiger partial charge in [-0.25, -0.2) is 9.59 Å². The van der Waals surface area contributed by atoms with Crippen LogP contribution >= 0.6 is 0 Å². The number of benzene rings is 2. The van der Waals surface area contributed by atoms with Crippen LogP contribution in [0.15, 0.2) is 48.5 Å². The first-order valence-corrected chi connectivity index (χ1v) is 7.82. The quantitative estimate of drug-likeness (QED) is 0.469. The molecule has 0 saturated heterocycles. The van der Waals surface area contributed by atoms with Gasteiger partial charge in [0.1, 0.15) is 0 Å². The highest BCUT2D eigenvalue weighted by Gasteiger charge is 2.07. The van der Waals surface area contributed by atoms with E-state index < -0.39 is 23.8 Å². The van der Waals surface area contributed by atoms with Crippen molar-refractivity contribution in [3.8, 4) is 0 Å². The summed E-state index contributed by atoms with van der Waals surface area (Å²) < 4.78 is 0. The fraction of sp³-hybridized carbons (Fsp3) is 0.111. The van der Waals surface area contributed by atoms with E-state index in [0.29, 0.717) is 11.4 Å². The molecule has 9 heteroatoms. The maximum absolute atomic E-state index is 11.8. The maximum atomic E-state index is 11.8. The Labute approximate surface area is 154 Å². The molecule has 0 aliphatic heterocycles. The van der Waals surface area contributed by atoms with Crippen LogP contribution in [0.25, 0.3) is 0 Å². The van der Waals surface area contributed by atoms with Gasteiger partial charge < -0.3 is 20.8 Å². The van der Waals surface area contributed by atoms with Gasteiger partial charge in [0.25, 0.3) is 0 Å². The van der Waals surface area contributed by atoms with Gasteiger partial charge in [0.05, 0.1) is 24.2 Å². The number of hydrogen-bond acceptors (Lipinski definition) is 5. The molecular formula is C18H17N3O6. The molecule has 0 spiro atoms. The Morgan fingerprint density at radius 1 is 0.630 bits per heavy atom. The second-order valence-corrected chi connectivity index (χ2v) is 5.46. The van der Waals surface area contributed by atoms with Crippen molar-refractivity contribution in [3.63, 3.8) is 0 Å². The van der Waals surface area contributed by atoms with Crippen LogP contribution in [-0.4, -0.2) is 47.1 Å². The number of carboxylic acid groups (broad SMARTS) is 2. The van der Waals surface area contributed by atoms with E-state index in [1.54, 1.807) is 0 Å². The molecule has 5 N–H and O–H groups in total. The fourth-order valence-corrected chi connectivity index (χ4v) is 2.09. The summed E-state index contributed by atoms with van der Waals surface area (Å²) in [7, 11) is 0. The Kier molecular flexibility index (Phi) is 6.61. The smallest absolute Gasteiger partial charge is 0.335 e. The van der Waals surface area contributed by atoms with Gasteiger partial charge in [0, 0.05) is 11.4 Å². The first kappa shape index (κ1) is 19.6. The van der Waals surface area contributed by atoms with Gasteiger partial charge in [-0.05, 0) is 48.5 Å². The van der Waals surface area contributed by atoms with E-state index in [2.05, 4.69) is 16.0 Å². The summed E-state index contributed by atoms with van der Waals surface area (Å²) >= 11 is 0. The van der Waals surface area contributed by atoms with Crippen LogP contribution in [0.4, 0.5) is 11.4 Å². The number of aromatic carboxylic acids is 2. The van der Waals surface area contributed by atoms with E-state index in [0.717, 1.165) is 0 Å². The van der Waals surface area contributed by atoms with Crippen LogP contribution < -0.4 is 16.0 Å². The Bertz CT molecular complexity index is 775. The van der Waals surface area contributed by atoms with Crippen molar-refractivity contribution < 1.29 is 29.4 Å². The van der Waals surface area contributed by atoms with Crippen LogP contribution in [0.1, 0.15) is 20.7 Å². The minimum Gasteiger partial charge on any atom is -0.478 e. The molecule has 0 bridgehead atoms. The summed E-state index contributed by atoms with van der Waals surface area (Å²) in [4.78, 5) is 45.1. The van der Waals surface area contributed by atoms with Crippen molar-refractivity contribution in [3.05, 3.63) is 59.7 Å². The first-order valence-electron chi connectivity index (χ1n) is 7.82. The van der Waals surface area contributed by atoms with Crippen LogP contribution in [0, 0.1) is 0 Å². The van der Waals surface area contributed by atoms with Gasteiger partial charge in [-0.2, -0.15) is 0 Å². The summed E-state index contributed by atoms with van der Waals surface area (Å²) in [5.41, 5.74) is 1.10. The predicted octanol–water partition coefficient (Wildman–Crippen LogP) is 1.25. The lowest BCUT2D eigenvalue weighted by atomic mass is 10.2. The third-order valence-electron chi connectivity index (χ3n) is 3.40. The Hall–Kier alpha value is -3.72. The second-order valence-electron chi connectivity index (χ2n) is 5.46. The molecule has 2 aromatic carbocycles. The average molecular weight is 371 g/mol. The van der Waals surface area contributed by atoms with Crippen LogP contribution in [-0.2, 0) is 9.59 Å². The maximum Gasteiger partial charge on any atom is 0.335 e. The first-order chi connectivity index (χ1) is 12.8. The highest BCUT2D eigenvalue weighted by atomic mass is 16.4. The minimum absolute atomic E-state index is 0.110. The number of nitrogens with one attached hydrogen (secondary N) is 3. The van der Waals surface area contributed by atoms with Gasteiger partial charge in [0.2, 0.25) is 11.8 Å². The van der Waals surface area contributed by atoms with Crippen molar-refractivity contribution in [2.75, 3.05) is 23.7 Å². The highest BCUT2D eigenvalue weighted by molar-refractivity contribution is 5.95. The molecule has 0 unspecified atom stereocenters. The molecule has 0 heterocycles. The second kappa shape index (κ2) is 9.11. The van der Waals surface area contributed by atoms with Crippen LogP contribution in [0.2, 0.25) is 0 Å². The Morgan fingerprint density at radius 3 is 1.26 bits per heavy atom. The molecule has 140 valence electrons. The van der Waals surface area contributed by atoms with Crippen molar-refractivity contribution in [1.82, 2.24) is 5.32 Å². The predicted molar refractivity (Wildman–Crippen MR) is 96.9 cm³/mol. The third kappa shape index (κ3) is 6.25. The molecule has 2 rings (SSSR count). The molecule has 0 aromatic heterocycles. The zero-order valence-electron chi connectivity index (χ0n) is 14.1. The zero-order chi connectivity index (χ0) is 19.8. The van der Waals surface area contributed by atoms with Crippen molar-refractivity contribution in [2.24, 2.45) is 0 Å². The molecule has 0 aliphatic carbocycles. The molecule has 2 aromatic rings. The molecule has 9 nitrogen and oxygen atoms in total. The number of carboxylic acids is 2. The van der Waals surface area contributed by atoms with E-state index in [9.17, 15) is 19.2 Å². The molecule has 2 amide bonds. The lowest BCUT2D eigenvalue weighted by Gasteiger charge is -2.08. The largest absolute Gasteiger partial charge is 0.478 e. The molecule has 27 heavy (non-hydrogen) atoms. The molecule has 0 saturated carbocycles. The summed E-state index contributed by atoms with van der Waals surface area (Å²) in [5, 5.41) is 25.4. The summed E-state index contributed by atoms with van der Waals surface area (Å²) in [6.45, 7) is -0.238. The van der Waals surface area contributed by atoms with Crippen molar-refractivity contribution in [2.45, 2.75) is 0 Å². The van der Waals surface area contributed by atoms with E-state index in [-0.39, 0.29) is 24.2 Å². The molecular weight excluding hydrogens is 354 g/mol. The van der Waals surface area contributed by atoms with Gasteiger partial charge in [-0.1, -0.05) is 0 Å². The average Bonchev–Trinajstić information content (AvgIpc) is 2.62. The molecule has 0 atom stereocenters. The topological polar surface area (TPSA) is 145 Å².